The Morgan fingerprint density at radius 2 is 1.76 bits per heavy atom. The molecule has 0 aromatic carbocycles. The van der Waals surface area contributed by atoms with Crippen molar-refractivity contribution in [2.24, 2.45) is 11.3 Å². The first-order valence-electron chi connectivity index (χ1n) is 15.8. The van der Waals surface area contributed by atoms with Crippen molar-refractivity contribution in [3.63, 3.8) is 0 Å². The van der Waals surface area contributed by atoms with Gasteiger partial charge in [-0.3, -0.25) is 4.79 Å². The zero-order valence-corrected chi connectivity index (χ0v) is 30.5. The van der Waals surface area contributed by atoms with Gasteiger partial charge in [-0.25, -0.2) is 0 Å². The van der Waals surface area contributed by atoms with Gasteiger partial charge in [-0.2, -0.15) is 0 Å². The SMILES string of the molecule is C=C1C[C@](OC)([C@H](O)C(=O)N[C@@H]2OCO[C@H]3[C@@H]2O[C@H](C[C@@H](CCCCCCCC(=O)[O-])OC)C(C)(C)[C@@H]3OC)O[C@H](C)[C@@H]1C.[Na+]. The van der Waals surface area contributed by atoms with Crippen molar-refractivity contribution < 1.29 is 82.5 Å². The molecule has 12 nitrogen and oxygen atoms in total. The van der Waals surface area contributed by atoms with E-state index in [1.54, 1.807) is 14.2 Å². The molecule has 254 valence electrons. The second-order valence-corrected chi connectivity index (χ2v) is 13.0. The Balaban J connectivity index is 0.00000705. The third-order valence-electron chi connectivity index (χ3n) is 9.79. The Bertz CT molecular complexity index is 967. The number of aliphatic hydroxyl groups is 1. The van der Waals surface area contributed by atoms with Gasteiger partial charge >= 0.3 is 29.6 Å². The molecule has 13 heteroatoms. The average Bonchev–Trinajstić information content (AvgIpc) is 2.98. The van der Waals surface area contributed by atoms with Crippen LogP contribution in [0.15, 0.2) is 12.2 Å². The summed E-state index contributed by atoms with van der Waals surface area (Å²) in [5.74, 6) is -3.26. The monoisotopic (exact) mass is 651 g/mol. The molecule has 0 radical (unpaired) electrons. The maximum Gasteiger partial charge on any atom is 1.00 e. The molecule has 10 atom stereocenters. The molecule has 0 unspecified atom stereocenters. The first-order chi connectivity index (χ1) is 20.8. The van der Waals surface area contributed by atoms with Gasteiger partial charge in [0, 0.05) is 51.5 Å². The van der Waals surface area contributed by atoms with Crippen molar-refractivity contribution in [1.29, 1.82) is 0 Å². The molecule has 0 saturated carbocycles. The van der Waals surface area contributed by atoms with Gasteiger partial charge in [-0.15, -0.1) is 0 Å². The predicted molar refractivity (Wildman–Crippen MR) is 158 cm³/mol. The molecule has 3 aliphatic rings. The molecular formula is C32H54NNaO11. The molecule has 0 aromatic heterocycles. The average molecular weight is 652 g/mol. The Morgan fingerprint density at radius 3 is 2.36 bits per heavy atom. The first kappa shape index (κ1) is 40.5. The fourth-order valence-electron chi connectivity index (χ4n) is 6.68. The molecule has 3 fully saturated rings. The van der Waals surface area contributed by atoms with Gasteiger partial charge < -0.3 is 53.5 Å². The number of carbonyl (C=O) groups is 2. The third-order valence-corrected chi connectivity index (χ3v) is 9.79. The van der Waals surface area contributed by atoms with Gasteiger partial charge in [0.25, 0.3) is 5.91 Å². The van der Waals surface area contributed by atoms with E-state index in [0.717, 1.165) is 37.7 Å². The van der Waals surface area contributed by atoms with E-state index in [1.165, 1.54) is 7.11 Å². The molecule has 45 heavy (non-hydrogen) atoms. The normalized spacial score (nSPS) is 34.2. The first-order valence-corrected chi connectivity index (χ1v) is 15.8. The van der Waals surface area contributed by atoms with Gasteiger partial charge in [0.05, 0.1) is 24.4 Å². The number of carboxylic acids is 1. The number of amides is 1. The molecule has 2 N–H and O–H groups in total. The molecule has 0 aromatic rings. The summed E-state index contributed by atoms with van der Waals surface area (Å²) in [5.41, 5.74) is 0.360. The standard InChI is InChI=1S/C32H55NO11.Na/c1-19-17-32(40-8,44-21(3)20(19)2)27(36)29(37)33-30-26-25(41-18-42-30)28(39-7)31(4,5)23(43-26)16-22(38-6)14-12-10-9-11-13-15-24(34)35;/h20-23,25-28,30,36H,1,9-18H2,2-8H3,(H,33,37)(H,34,35);/q;+1/p-1/t20-,21-,22-,23-,25+,26+,27-,28-,30-,32-;/m1./s1. The van der Waals surface area contributed by atoms with E-state index in [9.17, 15) is 19.8 Å². The second kappa shape index (κ2) is 18.2. The topological polar surface area (TPSA) is 154 Å². The number of carboxylic acid groups (broad SMARTS) is 1. The van der Waals surface area contributed by atoms with Crippen LogP contribution in [-0.4, -0.2) is 99.8 Å². The number of aliphatic carboxylic acids is 1. The number of rotatable bonds is 16. The minimum atomic E-state index is -1.66. The number of nitrogens with one attached hydrogen (secondary N) is 1. The fourth-order valence-corrected chi connectivity index (χ4v) is 6.68. The van der Waals surface area contributed by atoms with E-state index >= 15 is 0 Å². The molecule has 3 heterocycles. The van der Waals surface area contributed by atoms with Crippen molar-refractivity contribution in [1.82, 2.24) is 5.32 Å². The fraction of sp³-hybridized carbons (Fsp3) is 0.875. The van der Waals surface area contributed by atoms with E-state index in [2.05, 4.69) is 25.7 Å². The van der Waals surface area contributed by atoms with Gasteiger partial charge in [0.15, 0.2) is 12.3 Å². The van der Waals surface area contributed by atoms with E-state index < -0.39 is 47.6 Å². The van der Waals surface area contributed by atoms with Gasteiger partial charge in [0.1, 0.15) is 19.0 Å². The van der Waals surface area contributed by atoms with Crippen LogP contribution in [0.2, 0.25) is 0 Å². The summed E-state index contributed by atoms with van der Waals surface area (Å²) < 4.78 is 41.9. The van der Waals surface area contributed by atoms with Crippen LogP contribution in [0.1, 0.15) is 85.5 Å². The number of aliphatic hydroxyl groups excluding tert-OH is 1. The second-order valence-electron chi connectivity index (χ2n) is 13.0. The molecule has 1 amide bonds. The largest absolute Gasteiger partial charge is 1.00 e. The smallest absolute Gasteiger partial charge is 0.550 e. The number of methoxy groups -OCH3 is 3. The zero-order valence-electron chi connectivity index (χ0n) is 28.5. The van der Waals surface area contributed by atoms with E-state index in [0.29, 0.717) is 12.8 Å². The van der Waals surface area contributed by atoms with Crippen LogP contribution >= 0.6 is 0 Å². The van der Waals surface area contributed by atoms with Crippen molar-refractivity contribution in [2.75, 3.05) is 28.1 Å². The molecule has 0 spiro atoms. The van der Waals surface area contributed by atoms with Crippen LogP contribution in [-0.2, 0) is 42.7 Å². The minimum absolute atomic E-state index is 0. The maximum atomic E-state index is 13.5. The van der Waals surface area contributed by atoms with Crippen LogP contribution in [0.3, 0.4) is 0 Å². The number of unbranched alkanes of at least 4 members (excludes halogenated alkanes) is 4. The van der Waals surface area contributed by atoms with Crippen molar-refractivity contribution in [3.8, 4) is 0 Å². The van der Waals surface area contributed by atoms with Crippen molar-refractivity contribution in [3.05, 3.63) is 12.2 Å². The Kier molecular flexibility index (Phi) is 16.4. The summed E-state index contributed by atoms with van der Waals surface area (Å²) >= 11 is 0. The van der Waals surface area contributed by atoms with Crippen LogP contribution in [0.25, 0.3) is 0 Å². The molecule has 0 bridgehead atoms. The quantitative estimate of drug-likeness (QED) is 0.123. The molecule has 3 rings (SSSR count). The summed E-state index contributed by atoms with van der Waals surface area (Å²) in [6.45, 7) is 12.0. The number of hydrogen-bond donors (Lipinski definition) is 2. The van der Waals surface area contributed by atoms with Crippen LogP contribution in [0, 0.1) is 11.3 Å². The summed E-state index contributed by atoms with van der Waals surface area (Å²) in [7, 11) is 4.72. The number of fused-ring (bicyclic) bond motifs is 1. The summed E-state index contributed by atoms with van der Waals surface area (Å²) in [5, 5.41) is 24.6. The summed E-state index contributed by atoms with van der Waals surface area (Å²) in [6.07, 6.45) is 1.09. The Morgan fingerprint density at radius 1 is 1.09 bits per heavy atom. The van der Waals surface area contributed by atoms with E-state index in [4.69, 9.17) is 33.2 Å². The third kappa shape index (κ3) is 9.95. The molecule has 3 aliphatic heterocycles. The Hall–Kier alpha value is -0.640. The molecule has 3 saturated heterocycles. The molecular weight excluding hydrogens is 597 g/mol. The number of carbonyl (C=O) groups excluding carboxylic acids is 2. The zero-order chi connectivity index (χ0) is 32.7. The van der Waals surface area contributed by atoms with Gasteiger partial charge in [-0.05, 0) is 26.2 Å². The van der Waals surface area contributed by atoms with Crippen LogP contribution < -0.4 is 40.0 Å². The van der Waals surface area contributed by atoms with Crippen LogP contribution in [0.4, 0.5) is 0 Å². The minimum Gasteiger partial charge on any atom is -0.550 e. The Labute approximate surface area is 290 Å². The van der Waals surface area contributed by atoms with Gasteiger partial charge in [-0.1, -0.05) is 58.6 Å². The molecule has 0 aliphatic carbocycles. The van der Waals surface area contributed by atoms with Crippen molar-refractivity contribution in [2.45, 2.75) is 140 Å². The van der Waals surface area contributed by atoms with E-state index in [1.807, 2.05) is 13.8 Å². The van der Waals surface area contributed by atoms with Crippen molar-refractivity contribution >= 4 is 11.9 Å². The number of ether oxygens (including phenoxy) is 7. The van der Waals surface area contributed by atoms with E-state index in [-0.39, 0.29) is 79.5 Å². The van der Waals surface area contributed by atoms with Crippen LogP contribution in [0.5, 0.6) is 0 Å². The predicted octanol–water partition coefficient (Wildman–Crippen LogP) is -0.795. The maximum absolute atomic E-state index is 13.5. The summed E-state index contributed by atoms with van der Waals surface area (Å²) in [6, 6.07) is 0. The summed E-state index contributed by atoms with van der Waals surface area (Å²) in [4.78, 5) is 24.1. The number of hydrogen-bond acceptors (Lipinski definition) is 11. The van der Waals surface area contributed by atoms with Gasteiger partial charge in [0.2, 0.25) is 5.79 Å².